The van der Waals surface area contributed by atoms with E-state index in [4.69, 9.17) is 10.3 Å². The second-order valence-corrected chi connectivity index (χ2v) is 4.94. The number of nitrogens with zero attached hydrogens (tertiary/aromatic N) is 1. The summed E-state index contributed by atoms with van der Waals surface area (Å²) in [5.74, 6) is 0.673. The summed E-state index contributed by atoms with van der Waals surface area (Å²) >= 11 is 0. The maximum atomic E-state index is 11.6. The average molecular weight is 225 g/mol. The molecule has 0 unspecified atom stereocenters. The minimum absolute atomic E-state index is 0.222. The molecular formula is C11H19N3O2. The van der Waals surface area contributed by atoms with Gasteiger partial charge >= 0.3 is 0 Å². The highest BCUT2D eigenvalue weighted by Crippen LogP contribution is 2.14. The Morgan fingerprint density at radius 3 is 2.69 bits per heavy atom. The summed E-state index contributed by atoms with van der Waals surface area (Å²) in [6.45, 7) is 8.04. The largest absolute Gasteiger partial charge is 0.360 e. The maximum Gasteiger partial charge on any atom is 0.273 e. The first-order valence-electron chi connectivity index (χ1n) is 5.33. The Balaban J connectivity index is 2.60. The van der Waals surface area contributed by atoms with E-state index in [2.05, 4.69) is 10.5 Å². The van der Waals surface area contributed by atoms with E-state index in [1.165, 1.54) is 0 Å². The van der Waals surface area contributed by atoms with Crippen LogP contribution in [0, 0.1) is 0 Å². The van der Waals surface area contributed by atoms with Crippen molar-refractivity contribution in [2.45, 2.75) is 39.2 Å². The number of aromatic nitrogens is 1. The van der Waals surface area contributed by atoms with Gasteiger partial charge in [0.05, 0.1) is 0 Å². The van der Waals surface area contributed by atoms with Crippen LogP contribution in [-0.4, -0.2) is 23.1 Å². The Labute approximate surface area is 95.4 Å². The molecule has 1 amide bonds. The molecule has 1 rings (SSSR count). The molecule has 90 valence electrons. The van der Waals surface area contributed by atoms with Crippen molar-refractivity contribution in [2.75, 3.05) is 6.54 Å². The van der Waals surface area contributed by atoms with E-state index in [1.807, 2.05) is 27.7 Å². The van der Waals surface area contributed by atoms with Gasteiger partial charge in [-0.05, 0) is 13.8 Å². The number of rotatable bonds is 4. The van der Waals surface area contributed by atoms with Crippen LogP contribution in [0.3, 0.4) is 0 Å². The average Bonchev–Trinajstić information content (AvgIpc) is 2.61. The molecule has 0 aromatic carbocycles. The van der Waals surface area contributed by atoms with Gasteiger partial charge in [-0.15, -0.1) is 0 Å². The van der Waals surface area contributed by atoms with Crippen LogP contribution >= 0.6 is 0 Å². The zero-order valence-electron chi connectivity index (χ0n) is 10.2. The number of hydrogen-bond acceptors (Lipinski definition) is 4. The molecule has 16 heavy (non-hydrogen) atoms. The Kier molecular flexibility index (Phi) is 3.70. The standard InChI is InChI=1S/C11H19N3O2/c1-7(2)9-5-8(14-16-9)10(15)13-6-11(3,4)12/h5,7H,6,12H2,1-4H3,(H,13,15). The van der Waals surface area contributed by atoms with E-state index in [0.717, 1.165) is 0 Å². The van der Waals surface area contributed by atoms with Crippen LogP contribution in [-0.2, 0) is 0 Å². The monoisotopic (exact) mass is 225 g/mol. The van der Waals surface area contributed by atoms with Gasteiger partial charge < -0.3 is 15.6 Å². The minimum atomic E-state index is -0.430. The number of nitrogens with two attached hydrogens (primary N) is 1. The first kappa shape index (κ1) is 12.7. The van der Waals surface area contributed by atoms with Crippen LogP contribution in [0.1, 0.15) is 49.9 Å². The van der Waals surface area contributed by atoms with Crippen LogP contribution in [0.2, 0.25) is 0 Å². The van der Waals surface area contributed by atoms with Crippen LogP contribution in [0.15, 0.2) is 10.6 Å². The van der Waals surface area contributed by atoms with Crippen molar-refractivity contribution in [3.8, 4) is 0 Å². The van der Waals surface area contributed by atoms with Crippen LogP contribution in [0.5, 0.6) is 0 Å². The van der Waals surface area contributed by atoms with Gasteiger partial charge in [0.15, 0.2) is 5.69 Å². The Hall–Kier alpha value is -1.36. The van der Waals surface area contributed by atoms with Gasteiger partial charge in [0.1, 0.15) is 5.76 Å². The topological polar surface area (TPSA) is 81.2 Å². The van der Waals surface area contributed by atoms with Gasteiger partial charge in [0.25, 0.3) is 5.91 Å². The molecule has 0 aliphatic carbocycles. The van der Waals surface area contributed by atoms with Crippen molar-refractivity contribution in [3.63, 3.8) is 0 Å². The molecule has 0 spiro atoms. The van der Waals surface area contributed by atoms with E-state index in [0.29, 0.717) is 18.0 Å². The molecule has 0 saturated carbocycles. The molecule has 1 aromatic heterocycles. The lowest BCUT2D eigenvalue weighted by atomic mass is 10.1. The van der Waals surface area contributed by atoms with E-state index in [1.54, 1.807) is 6.07 Å². The number of nitrogens with one attached hydrogen (secondary N) is 1. The SMILES string of the molecule is CC(C)c1cc(C(=O)NCC(C)(C)N)no1. The van der Waals surface area contributed by atoms with Crippen molar-refractivity contribution in [1.82, 2.24) is 10.5 Å². The number of amides is 1. The third kappa shape index (κ3) is 3.66. The summed E-state index contributed by atoms with van der Waals surface area (Å²) < 4.78 is 5.04. The van der Waals surface area contributed by atoms with Crippen molar-refractivity contribution < 1.29 is 9.32 Å². The summed E-state index contributed by atoms with van der Waals surface area (Å²) in [6, 6.07) is 1.66. The lowest BCUT2D eigenvalue weighted by molar-refractivity contribution is 0.0937. The molecule has 5 nitrogen and oxygen atoms in total. The fourth-order valence-electron chi connectivity index (χ4n) is 1.07. The Morgan fingerprint density at radius 2 is 2.25 bits per heavy atom. The van der Waals surface area contributed by atoms with E-state index in [9.17, 15) is 4.79 Å². The molecule has 1 heterocycles. The molecular weight excluding hydrogens is 206 g/mol. The molecule has 0 fully saturated rings. The molecule has 0 atom stereocenters. The van der Waals surface area contributed by atoms with E-state index >= 15 is 0 Å². The Bertz CT molecular complexity index is 364. The van der Waals surface area contributed by atoms with Crippen molar-refractivity contribution in [3.05, 3.63) is 17.5 Å². The second-order valence-electron chi connectivity index (χ2n) is 4.94. The van der Waals surface area contributed by atoms with Crippen molar-refractivity contribution in [1.29, 1.82) is 0 Å². The van der Waals surface area contributed by atoms with Gasteiger partial charge in [0.2, 0.25) is 0 Å². The molecule has 5 heteroatoms. The zero-order valence-corrected chi connectivity index (χ0v) is 10.2. The van der Waals surface area contributed by atoms with E-state index < -0.39 is 5.54 Å². The van der Waals surface area contributed by atoms with Gasteiger partial charge in [0, 0.05) is 24.1 Å². The van der Waals surface area contributed by atoms with E-state index in [-0.39, 0.29) is 11.8 Å². The predicted molar refractivity (Wildman–Crippen MR) is 61.2 cm³/mol. The zero-order chi connectivity index (χ0) is 12.3. The first-order valence-corrected chi connectivity index (χ1v) is 5.33. The highest BCUT2D eigenvalue weighted by molar-refractivity contribution is 5.92. The molecule has 0 saturated heterocycles. The normalized spacial score (nSPS) is 11.9. The van der Waals surface area contributed by atoms with Gasteiger partial charge in [-0.2, -0.15) is 0 Å². The maximum absolute atomic E-state index is 11.6. The smallest absolute Gasteiger partial charge is 0.273 e. The third-order valence-electron chi connectivity index (χ3n) is 2.03. The third-order valence-corrected chi connectivity index (χ3v) is 2.03. The fraction of sp³-hybridized carbons (Fsp3) is 0.636. The highest BCUT2D eigenvalue weighted by Gasteiger charge is 2.17. The Morgan fingerprint density at radius 1 is 1.62 bits per heavy atom. The van der Waals surface area contributed by atoms with Crippen LogP contribution in [0.25, 0.3) is 0 Å². The highest BCUT2D eigenvalue weighted by atomic mass is 16.5. The van der Waals surface area contributed by atoms with Gasteiger partial charge in [-0.1, -0.05) is 19.0 Å². The van der Waals surface area contributed by atoms with Gasteiger partial charge in [-0.25, -0.2) is 0 Å². The lowest BCUT2D eigenvalue weighted by Crippen LogP contribution is -2.45. The number of carbonyl (C=O) groups excluding carboxylic acids is 1. The quantitative estimate of drug-likeness (QED) is 0.808. The summed E-state index contributed by atoms with van der Waals surface area (Å²) in [6.07, 6.45) is 0. The fourth-order valence-corrected chi connectivity index (χ4v) is 1.07. The van der Waals surface area contributed by atoms with Gasteiger partial charge in [-0.3, -0.25) is 4.79 Å². The second kappa shape index (κ2) is 4.65. The van der Waals surface area contributed by atoms with Crippen LogP contribution in [0.4, 0.5) is 0 Å². The lowest BCUT2D eigenvalue weighted by Gasteiger charge is -2.18. The van der Waals surface area contributed by atoms with Crippen molar-refractivity contribution >= 4 is 5.91 Å². The summed E-state index contributed by atoms with van der Waals surface area (Å²) in [5, 5.41) is 6.41. The molecule has 0 aliphatic rings. The summed E-state index contributed by atoms with van der Waals surface area (Å²) in [7, 11) is 0. The number of carbonyl (C=O) groups is 1. The molecule has 0 aliphatic heterocycles. The predicted octanol–water partition coefficient (Wildman–Crippen LogP) is 1.27. The minimum Gasteiger partial charge on any atom is -0.360 e. The molecule has 0 bridgehead atoms. The molecule has 1 aromatic rings. The van der Waals surface area contributed by atoms with Crippen molar-refractivity contribution in [2.24, 2.45) is 5.73 Å². The molecule has 3 N–H and O–H groups in total. The molecule has 0 radical (unpaired) electrons. The van der Waals surface area contributed by atoms with Crippen LogP contribution < -0.4 is 11.1 Å². The number of hydrogen-bond donors (Lipinski definition) is 2. The summed E-state index contributed by atoms with van der Waals surface area (Å²) in [5.41, 5.74) is 5.63. The first-order chi connectivity index (χ1) is 7.29. The summed E-state index contributed by atoms with van der Waals surface area (Å²) in [4.78, 5) is 11.6.